The van der Waals surface area contributed by atoms with Crippen molar-refractivity contribution in [3.63, 3.8) is 0 Å². The van der Waals surface area contributed by atoms with E-state index in [0.717, 1.165) is 5.56 Å². The molecule has 1 aromatic carbocycles. The standard InChI is InChI=1S/C18H21NO6/c1-3-24-14-8-6-11(9-15(14)25-4-2)5-7-12-17(18(22)23)13(20)10-16(21)19-12/h6,8-9,20H,3-5,7,10H2,1-2H3,(H,22,23). The number of aryl methyl sites for hydroxylation is 1. The molecule has 134 valence electrons. The molecule has 0 unspecified atom stereocenters. The molecule has 0 saturated carbocycles. The number of amides is 1. The third-order valence-electron chi connectivity index (χ3n) is 3.63. The highest BCUT2D eigenvalue weighted by Crippen LogP contribution is 2.29. The van der Waals surface area contributed by atoms with E-state index in [2.05, 4.69) is 4.99 Å². The van der Waals surface area contributed by atoms with Crippen molar-refractivity contribution in [3.05, 3.63) is 35.1 Å². The molecule has 0 radical (unpaired) electrons. The number of aliphatic imine (C=N–C) groups is 1. The molecule has 1 aliphatic rings. The number of carboxylic acids is 1. The van der Waals surface area contributed by atoms with Gasteiger partial charge in [-0.2, -0.15) is 0 Å². The summed E-state index contributed by atoms with van der Waals surface area (Å²) in [7, 11) is 0. The lowest BCUT2D eigenvalue weighted by Gasteiger charge is -2.15. The van der Waals surface area contributed by atoms with E-state index in [-0.39, 0.29) is 24.1 Å². The van der Waals surface area contributed by atoms with Gasteiger partial charge in [0.15, 0.2) is 11.5 Å². The Bertz CT molecular complexity index is 735. The number of hydrogen-bond donors (Lipinski definition) is 2. The van der Waals surface area contributed by atoms with Gasteiger partial charge in [-0.1, -0.05) is 6.07 Å². The molecule has 25 heavy (non-hydrogen) atoms. The van der Waals surface area contributed by atoms with Crippen molar-refractivity contribution in [2.24, 2.45) is 4.99 Å². The number of ether oxygens (including phenoxy) is 2. The lowest BCUT2D eigenvalue weighted by atomic mass is 9.98. The maximum Gasteiger partial charge on any atom is 0.341 e. The Hall–Kier alpha value is -2.83. The number of dihydropyridines is 1. The number of aliphatic carboxylic acids is 1. The minimum absolute atomic E-state index is 0.0908. The average Bonchev–Trinajstić information content (AvgIpc) is 2.54. The Morgan fingerprint density at radius 1 is 1.16 bits per heavy atom. The largest absolute Gasteiger partial charge is 0.511 e. The van der Waals surface area contributed by atoms with Crippen molar-refractivity contribution in [3.8, 4) is 11.5 Å². The summed E-state index contributed by atoms with van der Waals surface area (Å²) in [6.45, 7) is 4.76. The number of hydrogen-bond acceptors (Lipinski definition) is 5. The zero-order valence-corrected chi connectivity index (χ0v) is 14.2. The van der Waals surface area contributed by atoms with Gasteiger partial charge in [0.25, 0.3) is 5.91 Å². The maximum atomic E-state index is 11.5. The molecule has 0 atom stereocenters. The van der Waals surface area contributed by atoms with Gasteiger partial charge in [-0.15, -0.1) is 0 Å². The first-order valence-electron chi connectivity index (χ1n) is 8.10. The van der Waals surface area contributed by atoms with E-state index in [1.165, 1.54) is 0 Å². The van der Waals surface area contributed by atoms with Crippen LogP contribution in [0.5, 0.6) is 11.5 Å². The molecule has 2 N–H and O–H groups in total. The van der Waals surface area contributed by atoms with Crippen molar-refractivity contribution in [1.82, 2.24) is 0 Å². The molecule has 7 nitrogen and oxygen atoms in total. The first kappa shape index (κ1) is 18.5. The van der Waals surface area contributed by atoms with Gasteiger partial charge in [0, 0.05) is 0 Å². The highest BCUT2D eigenvalue weighted by Gasteiger charge is 2.27. The smallest absolute Gasteiger partial charge is 0.341 e. The minimum atomic E-state index is -1.29. The van der Waals surface area contributed by atoms with Crippen molar-refractivity contribution in [2.75, 3.05) is 13.2 Å². The zero-order valence-electron chi connectivity index (χ0n) is 14.2. The summed E-state index contributed by atoms with van der Waals surface area (Å²) >= 11 is 0. The molecule has 7 heteroatoms. The summed E-state index contributed by atoms with van der Waals surface area (Å²) in [6.07, 6.45) is 0.294. The van der Waals surface area contributed by atoms with Crippen molar-refractivity contribution >= 4 is 17.6 Å². The first-order valence-corrected chi connectivity index (χ1v) is 8.10. The maximum absolute atomic E-state index is 11.5. The Balaban J connectivity index is 2.18. The fraction of sp³-hybridized carbons (Fsp3) is 0.389. The summed E-state index contributed by atoms with van der Waals surface area (Å²) < 4.78 is 11.1. The van der Waals surface area contributed by atoms with Gasteiger partial charge < -0.3 is 19.7 Å². The summed E-state index contributed by atoms with van der Waals surface area (Å²) in [5.74, 6) is -1.02. The lowest BCUT2D eigenvalue weighted by molar-refractivity contribution is -0.132. The van der Waals surface area contributed by atoms with Crippen LogP contribution in [0.25, 0.3) is 0 Å². The second-order valence-electron chi connectivity index (χ2n) is 5.40. The molecular weight excluding hydrogens is 326 g/mol. The highest BCUT2D eigenvalue weighted by molar-refractivity contribution is 6.23. The molecule has 0 aliphatic carbocycles. The summed E-state index contributed by atoms with van der Waals surface area (Å²) in [5, 5.41) is 19.0. The van der Waals surface area contributed by atoms with E-state index in [1.807, 2.05) is 26.0 Å². The van der Waals surface area contributed by atoms with Gasteiger partial charge in [0.05, 0.1) is 25.3 Å². The quantitative estimate of drug-likeness (QED) is 0.749. The van der Waals surface area contributed by atoms with Gasteiger partial charge in [0.2, 0.25) is 0 Å². The fourth-order valence-electron chi connectivity index (χ4n) is 2.59. The van der Waals surface area contributed by atoms with Gasteiger partial charge in [-0.25, -0.2) is 9.79 Å². The van der Waals surface area contributed by atoms with Gasteiger partial charge in [-0.3, -0.25) is 4.79 Å². The van der Waals surface area contributed by atoms with E-state index in [4.69, 9.17) is 9.47 Å². The summed E-state index contributed by atoms with van der Waals surface area (Å²) in [6, 6.07) is 5.47. The molecule has 1 aromatic rings. The van der Waals surface area contributed by atoms with E-state index in [0.29, 0.717) is 31.1 Å². The third-order valence-corrected chi connectivity index (χ3v) is 3.63. The molecule has 1 aliphatic heterocycles. The van der Waals surface area contributed by atoms with Gasteiger partial charge >= 0.3 is 5.97 Å². The second kappa shape index (κ2) is 8.32. The SMILES string of the molecule is CCOc1ccc(CCC2=NC(=O)CC(O)=C2C(=O)O)cc1OCC. The van der Waals surface area contributed by atoms with Crippen LogP contribution in [0.2, 0.25) is 0 Å². The number of aliphatic hydroxyl groups is 1. The summed E-state index contributed by atoms with van der Waals surface area (Å²) in [4.78, 5) is 26.6. The zero-order chi connectivity index (χ0) is 18.4. The Labute approximate surface area is 145 Å². The van der Waals surface area contributed by atoms with E-state index in [1.54, 1.807) is 6.07 Å². The van der Waals surface area contributed by atoms with Crippen LogP contribution in [0, 0.1) is 0 Å². The summed E-state index contributed by atoms with van der Waals surface area (Å²) in [5.41, 5.74) is 0.695. The van der Waals surface area contributed by atoms with E-state index >= 15 is 0 Å². The first-order chi connectivity index (χ1) is 12.0. The molecule has 2 rings (SSSR count). The van der Waals surface area contributed by atoms with Crippen LogP contribution in [0.15, 0.2) is 34.5 Å². The molecule has 0 spiro atoms. The Morgan fingerprint density at radius 3 is 2.48 bits per heavy atom. The number of carboxylic acid groups (broad SMARTS) is 1. The molecule has 1 heterocycles. The fourth-order valence-corrected chi connectivity index (χ4v) is 2.59. The molecule has 0 bridgehead atoms. The monoisotopic (exact) mass is 347 g/mol. The van der Waals surface area contributed by atoms with Crippen molar-refractivity contribution in [2.45, 2.75) is 33.1 Å². The minimum Gasteiger partial charge on any atom is -0.511 e. The number of nitrogens with zero attached hydrogens (tertiary/aromatic N) is 1. The normalized spacial score (nSPS) is 14.3. The van der Waals surface area contributed by atoms with Crippen LogP contribution in [0.1, 0.15) is 32.3 Å². The number of aliphatic hydroxyl groups excluding tert-OH is 1. The number of carbonyl (C=O) groups excluding carboxylic acids is 1. The Morgan fingerprint density at radius 2 is 1.84 bits per heavy atom. The lowest BCUT2D eigenvalue weighted by Crippen LogP contribution is -2.22. The molecule has 0 fully saturated rings. The van der Waals surface area contributed by atoms with E-state index < -0.39 is 17.6 Å². The van der Waals surface area contributed by atoms with Crippen molar-refractivity contribution in [1.29, 1.82) is 0 Å². The molecule has 1 amide bonds. The Kier molecular flexibility index (Phi) is 6.16. The molecular formula is C18H21NO6. The third kappa shape index (κ3) is 4.59. The predicted octanol–water partition coefficient (Wildman–Crippen LogP) is 2.68. The highest BCUT2D eigenvalue weighted by atomic mass is 16.5. The second-order valence-corrected chi connectivity index (χ2v) is 5.40. The van der Waals surface area contributed by atoms with Crippen LogP contribution < -0.4 is 9.47 Å². The van der Waals surface area contributed by atoms with Crippen LogP contribution in [-0.4, -0.2) is 41.0 Å². The van der Waals surface area contributed by atoms with Crippen molar-refractivity contribution < 1.29 is 29.3 Å². The number of carbonyl (C=O) groups is 2. The topological polar surface area (TPSA) is 105 Å². The molecule has 0 aromatic heterocycles. The number of rotatable bonds is 8. The number of benzene rings is 1. The van der Waals surface area contributed by atoms with Crippen LogP contribution >= 0.6 is 0 Å². The molecule has 0 saturated heterocycles. The van der Waals surface area contributed by atoms with Gasteiger partial charge in [-0.05, 0) is 44.4 Å². The van der Waals surface area contributed by atoms with Gasteiger partial charge in [0.1, 0.15) is 11.3 Å². The predicted molar refractivity (Wildman–Crippen MR) is 91.5 cm³/mol. The van der Waals surface area contributed by atoms with Crippen LogP contribution in [0.4, 0.5) is 0 Å². The van der Waals surface area contributed by atoms with Crippen LogP contribution in [0.3, 0.4) is 0 Å². The van der Waals surface area contributed by atoms with E-state index in [9.17, 15) is 19.8 Å². The van der Waals surface area contributed by atoms with Crippen LogP contribution in [-0.2, 0) is 16.0 Å². The average molecular weight is 347 g/mol.